The summed E-state index contributed by atoms with van der Waals surface area (Å²) in [6.07, 6.45) is 3.50. The van der Waals surface area contributed by atoms with Crippen LogP contribution in [0.5, 0.6) is 0 Å². The number of unbranched alkanes of at least 4 members (excludes halogenated alkanes) is 2. The van der Waals surface area contributed by atoms with E-state index in [2.05, 4.69) is 30.7 Å². The SMILES string of the molecule is CCCCCN(c1nc(C(=O)O)cs1)C(C)C. The highest BCUT2D eigenvalue weighted by molar-refractivity contribution is 7.13. The first-order valence-electron chi connectivity index (χ1n) is 6.01. The summed E-state index contributed by atoms with van der Waals surface area (Å²) in [6, 6.07) is 0.347. The van der Waals surface area contributed by atoms with E-state index in [9.17, 15) is 4.79 Å². The summed E-state index contributed by atoms with van der Waals surface area (Å²) in [5, 5.41) is 11.3. The van der Waals surface area contributed by atoms with Gasteiger partial charge in [0.25, 0.3) is 0 Å². The van der Waals surface area contributed by atoms with Gasteiger partial charge in [-0.2, -0.15) is 0 Å². The number of carboxylic acid groups (broad SMARTS) is 1. The number of aromatic carboxylic acids is 1. The minimum absolute atomic E-state index is 0.145. The van der Waals surface area contributed by atoms with Gasteiger partial charge in [0.15, 0.2) is 10.8 Å². The Labute approximate surface area is 106 Å². The van der Waals surface area contributed by atoms with E-state index in [-0.39, 0.29) is 5.69 Å². The average molecular weight is 256 g/mol. The standard InChI is InChI=1S/C12H20N2O2S/c1-4-5-6-7-14(9(2)3)12-13-10(8-17-12)11(15)16/h8-9H,4-7H2,1-3H3,(H,15,16). The molecule has 96 valence electrons. The van der Waals surface area contributed by atoms with Crippen molar-refractivity contribution in [2.75, 3.05) is 11.4 Å². The molecule has 1 heterocycles. The highest BCUT2D eigenvalue weighted by Crippen LogP contribution is 2.23. The van der Waals surface area contributed by atoms with Gasteiger partial charge in [-0.3, -0.25) is 0 Å². The first kappa shape index (κ1) is 14.0. The number of anilines is 1. The van der Waals surface area contributed by atoms with E-state index >= 15 is 0 Å². The summed E-state index contributed by atoms with van der Waals surface area (Å²) < 4.78 is 0. The summed E-state index contributed by atoms with van der Waals surface area (Å²) >= 11 is 1.41. The molecule has 1 N–H and O–H groups in total. The molecule has 0 aliphatic rings. The van der Waals surface area contributed by atoms with Crippen LogP contribution in [0.2, 0.25) is 0 Å². The van der Waals surface area contributed by atoms with Crippen molar-refractivity contribution in [2.24, 2.45) is 0 Å². The van der Waals surface area contributed by atoms with Crippen LogP contribution in [0.1, 0.15) is 50.5 Å². The molecule has 0 spiro atoms. The normalized spacial score (nSPS) is 10.8. The molecule has 0 saturated carbocycles. The molecule has 0 aliphatic heterocycles. The number of rotatable bonds is 7. The second kappa shape index (κ2) is 6.59. The Balaban J connectivity index is 2.71. The van der Waals surface area contributed by atoms with Crippen LogP contribution in [0.3, 0.4) is 0 Å². The molecule has 0 bridgehead atoms. The Kier molecular flexibility index (Phi) is 5.41. The molecule has 4 nitrogen and oxygen atoms in total. The third-order valence-corrected chi connectivity index (χ3v) is 3.46. The van der Waals surface area contributed by atoms with Crippen molar-refractivity contribution in [3.05, 3.63) is 11.1 Å². The zero-order valence-corrected chi connectivity index (χ0v) is 11.5. The Morgan fingerprint density at radius 1 is 1.53 bits per heavy atom. The molecular formula is C12H20N2O2S. The number of nitrogens with zero attached hydrogens (tertiary/aromatic N) is 2. The van der Waals surface area contributed by atoms with Crippen LogP contribution >= 0.6 is 11.3 Å². The molecule has 0 atom stereocenters. The van der Waals surface area contributed by atoms with Crippen LogP contribution < -0.4 is 4.90 Å². The van der Waals surface area contributed by atoms with E-state index in [0.29, 0.717) is 6.04 Å². The van der Waals surface area contributed by atoms with Crippen molar-refractivity contribution >= 4 is 22.4 Å². The predicted molar refractivity (Wildman–Crippen MR) is 71.1 cm³/mol. The van der Waals surface area contributed by atoms with Crippen molar-refractivity contribution in [2.45, 2.75) is 46.1 Å². The van der Waals surface area contributed by atoms with Gasteiger partial charge in [-0.15, -0.1) is 11.3 Å². The van der Waals surface area contributed by atoms with Crippen LogP contribution in [0.25, 0.3) is 0 Å². The molecule has 17 heavy (non-hydrogen) atoms. The molecule has 1 aromatic heterocycles. The number of aromatic nitrogens is 1. The first-order chi connectivity index (χ1) is 8.06. The fourth-order valence-electron chi connectivity index (χ4n) is 1.60. The van der Waals surface area contributed by atoms with Crippen LogP contribution in [-0.2, 0) is 0 Å². The van der Waals surface area contributed by atoms with Crippen molar-refractivity contribution in [3.8, 4) is 0 Å². The van der Waals surface area contributed by atoms with Crippen LogP contribution in [0, 0.1) is 0 Å². The number of hydrogen-bond acceptors (Lipinski definition) is 4. The van der Waals surface area contributed by atoms with Gasteiger partial charge in [-0.25, -0.2) is 9.78 Å². The molecule has 0 unspecified atom stereocenters. The summed E-state index contributed by atoms with van der Waals surface area (Å²) in [6.45, 7) is 7.32. The van der Waals surface area contributed by atoms with Gasteiger partial charge < -0.3 is 10.0 Å². The van der Waals surface area contributed by atoms with Gasteiger partial charge in [0.2, 0.25) is 0 Å². The number of carbonyl (C=O) groups is 1. The molecule has 1 aromatic rings. The Morgan fingerprint density at radius 3 is 2.71 bits per heavy atom. The van der Waals surface area contributed by atoms with E-state index in [1.54, 1.807) is 5.38 Å². The lowest BCUT2D eigenvalue weighted by molar-refractivity contribution is 0.0691. The summed E-state index contributed by atoms with van der Waals surface area (Å²) in [5.74, 6) is -0.954. The smallest absolute Gasteiger partial charge is 0.355 e. The van der Waals surface area contributed by atoms with Gasteiger partial charge in [-0.05, 0) is 20.3 Å². The quantitative estimate of drug-likeness (QED) is 0.761. The van der Waals surface area contributed by atoms with Crippen LogP contribution in [0.4, 0.5) is 5.13 Å². The zero-order chi connectivity index (χ0) is 12.8. The zero-order valence-electron chi connectivity index (χ0n) is 10.6. The minimum Gasteiger partial charge on any atom is -0.476 e. The summed E-state index contributed by atoms with van der Waals surface area (Å²) in [4.78, 5) is 17.1. The second-order valence-corrected chi connectivity index (χ2v) is 5.15. The van der Waals surface area contributed by atoms with Gasteiger partial charge in [0.05, 0.1) is 0 Å². The predicted octanol–water partition coefficient (Wildman–Crippen LogP) is 3.25. The maximum Gasteiger partial charge on any atom is 0.355 e. The lowest BCUT2D eigenvalue weighted by atomic mass is 10.2. The van der Waals surface area contributed by atoms with Gasteiger partial charge >= 0.3 is 5.97 Å². The van der Waals surface area contributed by atoms with Crippen molar-refractivity contribution in [1.29, 1.82) is 0 Å². The highest BCUT2D eigenvalue weighted by atomic mass is 32.1. The number of thiazole rings is 1. The van der Waals surface area contributed by atoms with Crippen molar-refractivity contribution in [3.63, 3.8) is 0 Å². The number of hydrogen-bond donors (Lipinski definition) is 1. The van der Waals surface area contributed by atoms with E-state index in [0.717, 1.165) is 18.1 Å². The van der Waals surface area contributed by atoms with Gasteiger partial charge in [0.1, 0.15) is 0 Å². The van der Waals surface area contributed by atoms with Crippen LogP contribution in [-0.4, -0.2) is 28.6 Å². The van der Waals surface area contributed by atoms with E-state index < -0.39 is 5.97 Å². The molecule has 0 saturated heterocycles. The Morgan fingerprint density at radius 2 is 2.24 bits per heavy atom. The Hall–Kier alpha value is -1.10. The van der Waals surface area contributed by atoms with Crippen molar-refractivity contribution < 1.29 is 9.90 Å². The monoisotopic (exact) mass is 256 g/mol. The Bertz CT molecular complexity index is 363. The maximum atomic E-state index is 10.8. The molecule has 0 aromatic carbocycles. The molecule has 0 amide bonds. The van der Waals surface area contributed by atoms with Gasteiger partial charge in [-0.1, -0.05) is 19.8 Å². The maximum absolute atomic E-state index is 10.8. The topological polar surface area (TPSA) is 53.4 Å². The number of carboxylic acids is 1. The minimum atomic E-state index is -0.954. The molecule has 0 fully saturated rings. The first-order valence-corrected chi connectivity index (χ1v) is 6.89. The van der Waals surface area contributed by atoms with Gasteiger partial charge in [0, 0.05) is 18.0 Å². The lowest BCUT2D eigenvalue weighted by Gasteiger charge is -2.25. The third-order valence-electron chi connectivity index (χ3n) is 2.58. The van der Waals surface area contributed by atoms with E-state index in [1.165, 1.54) is 24.2 Å². The molecule has 0 radical (unpaired) electrons. The molecular weight excluding hydrogens is 236 g/mol. The van der Waals surface area contributed by atoms with Crippen molar-refractivity contribution in [1.82, 2.24) is 4.98 Å². The largest absolute Gasteiger partial charge is 0.476 e. The lowest BCUT2D eigenvalue weighted by Crippen LogP contribution is -2.31. The second-order valence-electron chi connectivity index (χ2n) is 4.31. The highest BCUT2D eigenvalue weighted by Gasteiger charge is 2.16. The van der Waals surface area contributed by atoms with Crippen LogP contribution in [0.15, 0.2) is 5.38 Å². The fraction of sp³-hybridized carbons (Fsp3) is 0.667. The molecule has 0 aliphatic carbocycles. The fourth-order valence-corrected chi connectivity index (χ4v) is 2.56. The summed E-state index contributed by atoms with van der Waals surface area (Å²) in [7, 11) is 0. The summed E-state index contributed by atoms with van der Waals surface area (Å²) in [5.41, 5.74) is 0.145. The molecule has 1 rings (SSSR count). The van der Waals surface area contributed by atoms with E-state index in [1.807, 2.05) is 0 Å². The molecule has 5 heteroatoms. The third kappa shape index (κ3) is 4.00. The average Bonchev–Trinajstić information content (AvgIpc) is 2.73. The van der Waals surface area contributed by atoms with E-state index in [4.69, 9.17) is 5.11 Å².